The van der Waals surface area contributed by atoms with Gasteiger partial charge in [0.25, 0.3) is 11.8 Å². The lowest BCUT2D eigenvalue weighted by Gasteiger charge is -2.56. The van der Waals surface area contributed by atoms with Gasteiger partial charge in [0.2, 0.25) is 6.61 Å². The molecule has 31 heavy (non-hydrogen) atoms. The number of nitrogens with two attached hydrogens (primary N) is 1. The molecule has 2 fully saturated rings. The van der Waals surface area contributed by atoms with E-state index in [1.54, 1.807) is 0 Å². The number of aromatic nitrogens is 1. The predicted molar refractivity (Wildman–Crippen MR) is 104 cm³/mol. The molecule has 1 aliphatic heterocycles. The Bertz CT molecular complexity index is 1020. The Kier molecular flexibility index (Phi) is 6.44. The Balaban J connectivity index is 1.84. The van der Waals surface area contributed by atoms with Crippen molar-refractivity contribution in [1.82, 2.24) is 15.4 Å². The molecule has 2 amide bonds. The Hall–Kier alpha value is -2.82. The van der Waals surface area contributed by atoms with Gasteiger partial charge < -0.3 is 21.0 Å². The second-order valence-corrected chi connectivity index (χ2v) is 8.78. The van der Waals surface area contributed by atoms with Gasteiger partial charge >= 0.3 is 16.4 Å². The predicted octanol–water partition coefficient (Wildman–Crippen LogP) is -0.705. The van der Waals surface area contributed by atoms with Crippen molar-refractivity contribution in [1.29, 1.82) is 0 Å². The average Bonchev–Trinajstić information content (AvgIpc) is 3.13. The van der Waals surface area contributed by atoms with Gasteiger partial charge in [0.1, 0.15) is 17.3 Å². The molecule has 2 aliphatic rings. The molecule has 1 atom stereocenters. The fourth-order valence-electron chi connectivity index (χ4n) is 3.63. The highest BCUT2D eigenvalue weighted by Crippen LogP contribution is 2.44. The first kappa shape index (κ1) is 22.9. The van der Waals surface area contributed by atoms with E-state index in [0.29, 0.717) is 30.7 Å². The van der Waals surface area contributed by atoms with Crippen LogP contribution in [-0.4, -0.2) is 69.8 Å². The number of oxime groups is 1. The van der Waals surface area contributed by atoms with Crippen molar-refractivity contribution in [3.05, 3.63) is 11.1 Å². The number of aliphatic carboxylic acids is 1. The number of nitrogens with zero attached hydrogens (tertiary/aromatic N) is 3. The fraction of sp³-hybridized carbons (Fsp3) is 0.533. The van der Waals surface area contributed by atoms with E-state index in [-0.39, 0.29) is 10.8 Å². The molecule has 1 unspecified atom stereocenters. The summed E-state index contributed by atoms with van der Waals surface area (Å²) in [5, 5.41) is 16.8. The number of carbonyl (C=O) groups is 3. The number of carboxylic acids is 1. The SMILES string of the molecule is Nc1nc(/C(=N/OCC(=O)O)C(=O)NC2C(=O)N(OS(=O)(=O)O)C23CCCCC3)cs1. The van der Waals surface area contributed by atoms with E-state index in [0.717, 1.165) is 17.8 Å². The third-order valence-electron chi connectivity index (χ3n) is 4.88. The number of anilines is 1. The van der Waals surface area contributed by atoms with Crippen LogP contribution in [0.5, 0.6) is 0 Å². The minimum Gasteiger partial charge on any atom is -0.479 e. The van der Waals surface area contributed by atoms with Gasteiger partial charge in [-0.3, -0.25) is 14.1 Å². The number of amides is 2. The van der Waals surface area contributed by atoms with Crippen LogP contribution in [0.1, 0.15) is 37.8 Å². The lowest BCUT2D eigenvalue weighted by molar-refractivity contribution is -0.232. The maximum absolute atomic E-state index is 12.9. The summed E-state index contributed by atoms with van der Waals surface area (Å²) in [6, 6.07) is -1.16. The highest BCUT2D eigenvalue weighted by molar-refractivity contribution is 7.80. The molecular formula is C15H19N5O9S2. The molecule has 170 valence electrons. The standard InChI is InChI=1S/C15H19N5O9S2/c16-14-17-8(7-30-14)10(19-28-6-9(21)22)12(23)18-11-13(24)20(29-31(25,26)27)15(11)4-2-1-3-5-15/h7,11H,1-6H2,(H2,16,17)(H,18,23)(H,21,22)(H,25,26,27)/b19-10-. The van der Waals surface area contributed by atoms with Crippen molar-refractivity contribution < 1.29 is 41.6 Å². The van der Waals surface area contributed by atoms with Crippen LogP contribution in [-0.2, 0) is 33.9 Å². The van der Waals surface area contributed by atoms with Crippen molar-refractivity contribution in [3.63, 3.8) is 0 Å². The van der Waals surface area contributed by atoms with Crippen LogP contribution in [0.4, 0.5) is 5.13 Å². The Labute approximate surface area is 179 Å². The van der Waals surface area contributed by atoms with Crippen molar-refractivity contribution in [2.45, 2.75) is 43.7 Å². The molecule has 0 aromatic carbocycles. The molecule has 1 aromatic heterocycles. The van der Waals surface area contributed by atoms with Crippen LogP contribution in [0.25, 0.3) is 0 Å². The summed E-state index contributed by atoms with van der Waals surface area (Å²) in [5.74, 6) is -3.11. The first-order chi connectivity index (χ1) is 14.5. The van der Waals surface area contributed by atoms with Crippen molar-refractivity contribution >= 4 is 50.4 Å². The number of β-lactam (4-membered cyclic amide) rings is 1. The van der Waals surface area contributed by atoms with Gasteiger partial charge in [0.05, 0.1) is 0 Å². The van der Waals surface area contributed by atoms with Gasteiger partial charge in [-0.2, -0.15) is 13.5 Å². The first-order valence-electron chi connectivity index (χ1n) is 8.98. The van der Waals surface area contributed by atoms with E-state index < -0.39 is 52.1 Å². The first-order valence-corrected chi connectivity index (χ1v) is 11.2. The van der Waals surface area contributed by atoms with Crippen molar-refractivity contribution in [3.8, 4) is 0 Å². The number of nitrogens with one attached hydrogen (secondary N) is 1. The van der Waals surface area contributed by atoms with Crippen LogP contribution < -0.4 is 11.1 Å². The monoisotopic (exact) mass is 477 g/mol. The number of thiazole rings is 1. The minimum absolute atomic E-state index is 0.000831. The number of nitrogen functional groups attached to an aromatic ring is 1. The number of carboxylic acid groups (broad SMARTS) is 1. The molecule has 14 nitrogen and oxygen atoms in total. The summed E-state index contributed by atoms with van der Waals surface area (Å²) in [6.45, 7) is -0.821. The number of hydrogen-bond acceptors (Lipinski definition) is 11. The van der Waals surface area contributed by atoms with Crippen LogP contribution in [0.2, 0.25) is 0 Å². The molecule has 1 saturated carbocycles. The zero-order valence-electron chi connectivity index (χ0n) is 15.9. The van der Waals surface area contributed by atoms with E-state index in [1.165, 1.54) is 5.38 Å². The molecular weight excluding hydrogens is 458 g/mol. The van der Waals surface area contributed by atoms with E-state index in [2.05, 4.69) is 24.6 Å². The Morgan fingerprint density at radius 3 is 2.61 bits per heavy atom. The van der Waals surface area contributed by atoms with Crippen LogP contribution in [0, 0.1) is 0 Å². The second kappa shape index (κ2) is 8.74. The van der Waals surface area contributed by atoms with Crippen LogP contribution >= 0.6 is 11.3 Å². The molecule has 2 heterocycles. The van der Waals surface area contributed by atoms with Gasteiger partial charge in [0.15, 0.2) is 10.8 Å². The van der Waals surface area contributed by atoms with Gasteiger partial charge in [0, 0.05) is 5.38 Å². The highest BCUT2D eigenvalue weighted by atomic mass is 32.3. The zero-order chi connectivity index (χ0) is 22.8. The number of rotatable bonds is 8. The van der Waals surface area contributed by atoms with Gasteiger partial charge in [-0.05, 0) is 12.8 Å². The molecule has 0 radical (unpaired) electrons. The quantitative estimate of drug-likeness (QED) is 0.159. The maximum atomic E-state index is 12.9. The van der Waals surface area contributed by atoms with Crippen LogP contribution in [0.15, 0.2) is 10.5 Å². The summed E-state index contributed by atoms with van der Waals surface area (Å²) in [4.78, 5) is 44.6. The number of carbonyl (C=O) groups excluding carboxylic acids is 2. The Morgan fingerprint density at radius 1 is 1.39 bits per heavy atom. The van der Waals surface area contributed by atoms with Gasteiger partial charge in [-0.15, -0.1) is 15.6 Å². The van der Waals surface area contributed by atoms with Crippen molar-refractivity contribution in [2.75, 3.05) is 12.3 Å². The molecule has 1 saturated heterocycles. The lowest BCUT2D eigenvalue weighted by atomic mass is 9.70. The third kappa shape index (κ3) is 4.92. The molecule has 1 spiro atoms. The van der Waals surface area contributed by atoms with Crippen LogP contribution in [0.3, 0.4) is 0 Å². The fourth-order valence-corrected chi connectivity index (χ4v) is 4.59. The topological polar surface area (TPSA) is 211 Å². The molecule has 1 aromatic rings. The second-order valence-electron chi connectivity index (χ2n) is 6.88. The van der Waals surface area contributed by atoms with Gasteiger partial charge in [-0.1, -0.05) is 24.4 Å². The average molecular weight is 477 g/mol. The summed E-state index contributed by atoms with van der Waals surface area (Å²) in [7, 11) is -4.95. The largest absolute Gasteiger partial charge is 0.479 e. The van der Waals surface area contributed by atoms with E-state index in [9.17, 15) is 22.8 Å². The highest BCUT2D eigenvalue weighted by Gasteiger charge is 2.63. The van der Waals surface area contributed by atoms with Crippen molar-refractivity contribution in [2.24, 2.45) is 5.16 Å². The number of hydrogen-bond donors (Lipinski definition) is 4. The van der Waals surface area contributed by atoms with E-state index >= 15 is 0 Å². The maximum Gasteiger partial charge on any atom is 0.418 e. The summed E-state index contributed by atoms with van der Waals surface area (Å²) >= 11 is 1.00. The van der Waals surface area contributed by atoms with Gasteiger partial charge in [-0.25, -0.2) is 9.78 Å². The smallest absolute Gasteiger partial charge is 0.418 e. The Morgan fingerprint density at radius 2 is 2.06 bits per heavy atom. The molecule has 16 heteroatoms. The zero-order valence-corrected chi connectivity index (χ0v) is 17.5. The van der Waals surface area contributed by atoms with E-state index in [4.69, 9.17) is 15.4 Å². The summed E-state index contributed by atoms with van der Waals surface area (Å²) < 4.78 is 35.8. The molecule has 1 aliphatic carbocycles. The summed E-state index contributed by atoms with van der Waals surface area (Å²) in [5.41, 5.74) is 3.99. The normalized spacial score (nSPS) is 20.9. The summed E-state index contributed by atoms with van der Waals surface area (Å²) in [6.07, 6.45) is 2.76. The molecule has 3 rings (SSSR count). The molecule has 5 N–H and O–H groups in total. The minimum atomic E-state index is -4.95. The van der Waals surface area contributed by atoms with E-state index in [1.807, 2.05) is 0 Å². The third-order valence-corrected chi connectivity index (χ3v) is 5.89. The molecule has 0 bridgehead atoms. The lowest BCUT2D eigenvalue weighted by Crippen LogP contribution is -2.79. The number of hydroxylamine groups is 2.